The Morgan fingerprint density at radius 1 is 1.22 bits per heavy atom. The quantitative estimate of drug-likeness (QED) is 0.838. The van der Waals surface area contributed by atoms with E-state index in [-0.39, 0.29) is 18.1 Å². The van der Waals surface area contributed by atoms with Crippen molar-refractivity contribution in [1.29, 1.82) is 0 Å². The van der Waals surface area contributed by atoms with Crippen molar-refractivity contribution in [3.63, 3.8) is 0 Å². The van der Waals surface area contributed by atoms with Gasteiger partial charge in [0.15, 0.2) is 0 Å². The predicted molar refractivity (Wildman–Crippen MR) is 67.3 cm³/mol. The van der Waals surface area contributed by atoms with Gasteiger partial charge in [0.2, 0.25) is 0 Å². The minimum Gasteiger partial charge on any atom is -0.491 e. The summed E-state index contributed by atoms with van der Waals surface area (Å²) in [6, 6.07) is 4.70. The maximum Gasteiger partial charge on any atom is 0.264 e. The first-order valence-electron chi connectivity index (χ1n) is 6.18. The lowest BCUT2D eigenvalue weighted by molar-refractivity contribution is 0.104. The molecule has 0 amide bonds. The molecule has 1 rings (SSSR count). The summed E-state index contributed by atoms with van der Waals surface area (Å²) in [4.78, 5) is 0. The number of aliphatic hydroxyl groups excluding tert-OH is 1. The molecule has 0 spiro atoms. The smallest absolute Gasteiger partial charge is 0.264 e. The van der Waals surface area contributed by atoms with Crippen LogP contribution in [-0.2, 0) is 0 Å². The number of benzene rings is 1. The van der Waals surface area contributed by atoms with Gasteiger partial charge in [-0.3, -0.25) is 0 Å². The van der Waals surface area contributed by atoms with E-state index in [2.05, 4.69) is 0 Å². The molecule has 0 saturated heterocycles. The average molecular weight is 258 g/mol. The van der Waals surface area contributed by atoms with E-state index in [9.17, 15) is 13.9 Å². The van der Waals surface area contributed by atoms with Crippen molar-refractivity contribution in [2.24, 2.45) is 0 Å². The van der Waals surface area contributed by atoms with Crippen LogP contribution in [0.15, 0.2) is 18.2 Å². The van der Waals surface area contributed by atoms with E-state index in [1.807, 2.05) is 20.8 Å². The number of hydrogen-bond donors (Lipinski definition) is 1. The van der Waals surface area contributed by atoms with Crippen molar-refractivity contribution >= 4 is 0 Å². The van der Waals surface area contributed by atoms with Gasteiger partial charge in [-0.15, -0.1) is 0 Å². The standard InChI is InChI=1S/C14H20F2O2/c1-4-10(17)8-18-11-5-6-12(9(2)3)13(7-11)14(15)16/h5-7,9-10,14,17H,4,8H2,1-3H3. The number of alkyl halides is 2. The summed E-state index contributed by atoms with van der Waals surface area (Å²) in [5, 5.41) is 9.37. The third-order valence-electron chi connectivity index (χ3n) is 2.83. The molecule has 1 aromatic carbocycles. The number of halogens is 2. The highest BCUT2D eigenvalue weighted by atomic mass is 19.3. The Balaban J connectivity index is 2.86. The van der Waals surface area contributed by atoms with Crippen molar-refractivity contribution in [3.05, 3.63) is 29.3 Å². The number of rotatable bonds is 6. The summed E-state index contributed by atoms with van der Waals surface area (Å²) in [6.45, 7) is 5.71. The molecule has 0 aliphatic heterocycles. The van der Waals surface area contributed by atoms with Crippen molar-refractivity contribution in [2.75, 3.05) is 6.61 Å². The average Bonchev–Trinajstić information content (AvgIpc) is 2.35. The van der Waals surface area contributed by atoms with Crippen LogP contribution in [0.1, 0.15) is 50.7 Å². The lowest BCUT2D eigenvalue weighted by Crippen LogP contribution is -2.16. The van der Waals surface area contributed by atoms with E-state index >= 15 is 0 Å². The predicted octanol–water partition coefficient (Wildman–Crippen LogP) is 3.90. The molecule has 0 fully saturated rings. The monoisotopic (exact) mass is 258 g/mol. The molecule has 18 heavy (non-hydrogen) atoms. The number of aliphatic hydroxyl groups is 1. The summed E-state index contributed by atoms with van der Waals surface area (Å²) in [6.07, 6.45) is -2.50. The zero-order valence-corrected chi connectivity index (χ0v) is 11.0. The van der Waals surface area contributed by atoms with Gasteiger partial charge in [0, 0.05) is 5.56 Å². The topological polar surface area (TPSA) is 29.5 Å². The Labute approximate surface area is 107 Å². The molecule has 1 N–H and O–H groups in total. The molecule has 0 aliphatic rings. The molecule has 1 unspecified atom stereocenters. The summed E-state index contributed by atoms with van der Waals surface area (Å²) >= 11 is 0. The third kappa shape index (κ3) is 3.95. The van der Waals surface area contributed by atoms with Crippen LogP contribution in [0.3, 0.4) is 0 Å². The van der Waals surface area contributed by atoms with Crippen LogP contribution in [0, 0.1) is 0 Å². The van der Waals surface area contributed by atoms with Crippen molar-refractivity contribution < 1.29 is 18.6 Å². The fourth-order valence-corrected chi connectivity index (χ4v) is 1.67. The lowest BCUT2D eigenvalue weighted by atomic mass is 9.97. The molecular formula is C14H20F2O2. The van der Waals surface area contributed by atoms with Gasteiger partial charge < -0.3 is 9.84 Å². The first-order valence-corrected chi connectivity index (χ1v) is 6.18. The van der Waals surface area contributed by atoms with Crippen molar-refractivity contribution in [3.8, 4) is 5.75 Å². The Bertz CT molecular complexity index is 378. The molecule has 0 aromatic heterocycles. The van der Waals surface area contributed by atoms with Gasteiger partial charge in [0.25, 0.3) is 6.43 Å². The third-order valence-corrected chi connectivity index (χ3v) is 2.83. The van der Waals surface area contributed by atoms with Crippen LogP contribution in [0.25, 0.3) is 0 Å². The normalized spacial score (nSPS) is 13.1. The maximum absolute atomic E-state index is 12.9. The number of hydrogen-bond acceptors (Lipinski definition) is 2. The van der Waals surface area contributed by atoms with Crippen LogP contribution in [-0.4, -0.2) is 17.8 Å². The SMILES string of the molecule is CCC(O)COc1ccc(C(C)C)c(C(F)F)c1. The van der Waals surface area contributed by atoms with Crippen LogP contribution in [0.2, 0.25) is 0 Å². The highest BCUT2D eigenvalue weighted by Crippen LogP contribution is 2.31. The Morgan fingerprint density at radius 3 is 2.39 bits per heavy atom. The summed E-state index contributed by atoms with van der Waals surface area (Å²) in [7, 11) is 0. The maximum atomic E-state index is 12.9. The Kier molecular flexibility index (Phi) is 5.54. The molecule has 0 aliphatic carbocycles. The zero-order chi connectivity index (χ0) is 13.7. The van der Waals surface area contributed by atoms with Crippen molar-refractivity contribution in [2.45, 2.75) is 45.6 Å². The second-order valence-electron chi connectivity index (χ2n) is 4.62. The van der Waals surface area contributed by atoms with Crippen LogP contribution < -0.4 is 4.74 Å². The first-order chi connectivity index (χ1) is 8.45. The largest absolute Gasteiger partial charge is 0.491 e. The second kappa shape index (κ2) is 6.69. The molecular weight excluding hydrogens is 238 g/mol. The molecule has 0 saturated carbocycles. The molecule has 0 bridgehead atoms. The zero-order valence-electron chi connectivity index (χ0n) is 11.0. The van der Waals surface area contributed by atoms with Crippen molar-refractivity contribution in [1.82, 2.24) is 0 Å². The van der Waals surface area contributed by atoms with Gasteiger partial charge in [-0.2, -0.15) is 0 Å². The fraction of sp³-hybridized carbons (Fsp3) is 0.571. The van der Waals surface area contributed by atoms with Gasteiger partial charge in [0.05, 0.1) is 6.10 Å². The van der Waals surface area contributed by atoms with E-state index in [1.165, 1.54) is 6.07 Å². The van der Waals surface area contributed by atoms with Gasteiger partial charge in [-0.05, 0) is 30.0 Å². The van der Waals surface area contributed by atoms with Gasteiger partial charge in [0.1, 0.15) is 12.4 Å². The van der Waals surface area contributed by atoms with E-state index in [0.717, 1.165) is 0 Å². The summed E-state index contributed by atoms with van der Waals surface area (Å²) < 4.78 is 31.2. The Morgan fingerprint density at radius 2 is 1.89 bits per heavy atom. The fourth-order valence-electron chi connectivity index (χ4n) is 1.67. The summed E-state index contributed by atoms with van der Waals surface area (Å²) in [5.74, 6) is 0.423. The Hall–Kier alpha value is -1.16. The molecule has 2 nitrogen and oxygen atoms in total. The molecule has 102 valence electrons. The van der Waals surface area contributed by atoms with Crippen LogP contribution in [0.4, 0.5) is 8.78 Å². The highest BCUT2D eigenvalue weighted by Gasteiger charge is 2.16. The van der Waals surface area contributed by atoms with E-state index in [0.29, 0.717) is 17.7 Å². The molecule has 4 heteroatoms. The van der Waals surface area contributed by atoms with E-state index in [1.54, 1.807) is 12.1 Å². The molecule has 0 radical (unpaired) electrons. The molecule has 1 atom stereocenters. The molecule has 1 aromatic rings. The summed E-state index contributed by atoms with van der Waals surface area (Å²) in [5.41, 5.74) is 0.641. The van der Waals surface area contributed by atoms with E-state index in [4.69, 9.17) is 4.74 Å². The minimum atomic E-state index is -2.51. The van der Waals surface area contributed by atoms with E-state index < -0.39 is 12.5 Å². The molecule has 0 heterocycles. The van der Waals surface area contributed by atoms with Gasteiger partial charge in [-0.1, -0.05) is 26.8 Å². The first kappa shape index (κ1) is 14.9. The second-order valence-corrected chi connectivity index (χ2v) is 4.62. The van der Waals surface area contributed by atoms with Crippen LogP contribution in [0.5, 0.6) is 5.75 Å². The van der Waals surface area contributed by atoms with Gasteiger partial charge >= 0.3 is 0 Å². The minimum absolute atomic E-state index is 0.00786. The highest BCUT2D eigenvalue weighted by molar-refractivity contribution is 5.38. The lowest BCUT2D eigenvalue weighted by Gasteiger charge is -2.15. The number of ether oxygens (including phenoxy) is 1. The van der Waals surface area contributed by atoms with Gasteiger partial charge in [-0.25, -0.2) is 8.78 Å². The van der Waals surface area contributed by atoms with Crippen LogP contribution >= 0.6 is 0 Å².